The summed E-state index contributed by atoms with van der Waals surface area (Å²) >= 11 is 1.81. The molecule has 0 unspecified atom stereocenters. The van der Waals surface area contributed by atoms with E-state index < -0.39 is 0 Å². The van der Waals surface area contributed by atoms with Crippen LogP contribution in [-0.2, 0) is 6.54 Å². The minimum absolute atomic E-state index is 0.168. The van der Waals surface area contributed by atoms with Gasteiger partial charge in [0.05, 0.1) is 19.7 Å². The first-order chi connectivity index (χ1) is 13.0. The van der Waals surface area contributed by atoms with E-state index in [4.69, 9.17) is 24.0 Å². The maximum atomic E-state index is 6.04. The van der Waals surface area contributed by atoms with E-state index in [1.807, 2.05) is 54.2 Å². The van der Waals surface area contributed by atoms with Crippen molar-refractivity contribution in [3.8, 4) is 17.2 Å². The summed E-state index contributed by atoms with van der Waals surface area (Å²) in [6, 6.07) is 7.59. The number of nitrogens with zero attached hydrogens (tertiary/aromatic N) is 2. The van der Waals surface area contributed by atoms with E-state index in [0.717, 1.165) is 27.7 Å². The van der Waals surface area contributed by atoms with Crippen LogP contribution in [0.1, 0.15) is 11.1 Å². The first-order valence-electron chi connectivity index (χ1n) is 8.08. The van der Waals surface area contributed by atoms with E-state index in [2.05, 4.69) is 15.3 Å². The van der Waals surface area contributed by atoms with Gasteiger partial charge in [-0.25, -0.2) is 4.98 Å². The van der Waals surface area contributed by atoms with Gasteiger partial charge in [0.2, 0.25) is 11.7 Å². The summed E-state index contributed by atoms with van der Waals surface area (Å²) in [5.74, 6) is 2.24. The zero-order valence-corrected chi connectivity index (χ0v) is 17.3. The lowest BCUT2D eigenvalue weighted by molar-refractivity contribution is 0.348. The quantitative estimate of drug-likeness (QED) is 0.459. The van der Waals surface area contributed by atoms with Crippen molar-refractivity contribution in [2.24, 2.45) is 0 Å². The van der Waals surface area contributed by atoms with Gasteiger partial charge in [-0.1, -0.05) is 6.07 Å². The predicted octanol–water partition coefficient (Wildman–Crippen LogP) is 3.46. The van der Waals surface area contributed by atoms with Crippen LogP contribution in [0.3, 0.4) is 0 Å². The molecule has 0 saturated heterocycles. The number of ether oxygens (including phenoxy) is 2. The monoisotopic (exact) mass is 481 g/mol. The molecule has 3 aromatic rings. The second kappa shape index (κ2) is 7.91. The molecule has 0 bridgehead atoms. The highest BCUT2D eigenvalue weighted by Gasteiger charge is 2.14. The topological polar surface area (TPSA) is 118 Å². The van der Waals surface area contributed by atoms with Crippen molar-refractivity contribution in [1.29, 1.82) is 0 Å². The molecule has 8 nitrogen and oxygen atoms in total. The Morgan fingerprint density at radius 1 is 1.07 bits per heavy atom. The number of aryl methyl sites for hydroxylation is 1. The Kier molecular flexibility index (Phi) is 5.59. The number of benzene rings is 2. The molecule has 0 fully saturated rings. The van der Waals surface area contributed by atoms with Gasteiger partial charge in [0.15, 0.2) is 34.5 Å². The highest BCUT2D eigenvalue weighted by molar-refractivity contribution is 14.1. The van der Waals surface area contributed by atoms with Crippen LogP contribution in [0.15, 0.2) is 24.3 Å². The number of aromatic nitrogens is 2. The van der Waals surface area contributed by atoms with E-state index in [1.54, 1.807) is 14.2 Å². The van der Waals surface area contributed by atoms with Gasteiger partial charge in [-0.05, 0) is 24.1 Å². The smallest absolute Gasteiger partial charge is 0.222 e. The molecule has 0 saturated carbocycles. The lowest BCUT2D eigenvalue weighted by Crippen LogP contribution is -2.06. The van der Waals surface area contributed by atoms with Crippen LogP contribution in [0.2, 0.25) is 0 Å². The maximum absolute atomic E-state index is 6.04. The van der Waals surface area contributed by atoms with Crippen LogP contribution >= 0.6 is 23.0 Å². The summed E-state index contributed by atoms with van der Waals surface area (Å²) in [4.78, 5) is 8.30. The molecule has 0 aliphatic rings. The van der Waals surface area contributed by atoms with Crippen LogP contribution in [0, 0.1) is 6.92 Å². The fraction of sp³-hybridized carbons (Fsp3) is 0.222. The van der Waals surface area contributed by atoms with Gasteiger partial charge in [-0.3, -0.25) is 0 Å². The molecule has 0 aliphatic carbocycles. The summed E-state index contributed by atoms with van der Waals surface area (Å²) in [5, 5.41) is 4.18. The van der Waals surface area contributed by atoms with Crippen LogP contribution in [0.4, 0.5) is 17.5 Å². The third kappa shape index (κ3) is 3.72. The maximum Gasteiger partial charge on any atom is 0.222 e. The predicted molar refractivity (Wildman–Crippen MR) is 115 cm³/mol. The van der Waals surface area contributed by atoms with Gasteiger partial charge >= 0.3 is 0 Å². The van der Waals surface area contributed by atoms with Crippen molar-refractivity contribution >= 4 is 51.4 Å². The number of nitrogens with one attached hydrogen (secondary N) is 1. The zero-order valence-electron chi connectivity index (χ0n) is 15.2. The number of halogens is 1. The molecule has 1 aromatic heterocycles. The summed E-state index contributed by atoms with van der Waals surface area (Å²) < 4.78 is 16.1. The standard InChI is InChI=1S/C18H20IN5O3/c1-9-10(4-5-12-15(9)17(20)24-18(21)23-12)8-22-11-6-13(25-2)16(26-3)14(7-11)27-19/h4-7,22H,8H2,1-3H3,(H4,20,21,23,24). The molecule has 9 heteroatoms. The number of nitrogen functional groups attached to an aromatic ring is 2. The largest absolute Gasteiger partial charge is 0.493 e. The molecule has 27 heavy (non-hydrogen) atoms. The van der Waals surface area contributed by atoms with Crippen molar-refractivity contribution in [3.05, 3.63) is 35.4 Å². The Morgan fingerprint density at radius 2 is 1.81 bits per heavy atom. The van der Waals surface area contributed by atoms with Crippen LogP contribution < -0.4 is 29.3 Å². The Hall–Kier alpha value is -2.69. The zero-order chi connectivity index (χ0) is 19.6. The lowest BCUT2D eigenvalue weighted by atomic mass is 10.0. The number of hydrogen-bond acceptors (Lipinski definition) is 8. The molecule has 5 N–H and O–H groups in total. The Bertz CT molecular complexity index is 971. The van der Waals surface area contributed by atoms with Gasteiger partial charge < -0.3 is 29.3 Å². The molecule has 0 aliphatic heterocycles. The molecular weight excluding hydrogens is 461 g/mol. The normalized spacial score (nSPS) is 10.7. The van der Waals surface area contributed by atoms with Gasteiger partial charge in [-0.15, -0.1) is 0 Å². The minimum Gasteiger partial charge on any atom is -0.493 e. The average Bonchev–Trinajstić information content (AvgIpc) is 2.65. The first-order valence-corrected chi connectivity index (χ1v) is 8.96. The molecule has 0 amide bonds. The molecule has 142 valence electrons. The van der Waals surface area contributed by atoms with Crippen molar-refractivity contribution < 1.29 is 12.5 Å². The summed E-state index contributed by atoms with van der Waals surface area (Å²) in [6.07, 6.45) is 0. The number of fused-ring (bicyclic) bond motifs is 1. The number of nitrogens with two attached hydrogens (primary N) is 2. The molecule has 1 heterocycles. The van der Waals surface area contributed by atoms with Crippen molar-refractivity contribution in [2.45, 2.75) is 13.5 Å². The lowest BCUT2D eigenvalue weighted by Gasteiger charge is -2.16. The van der Waals surface area contributed by atoms with Crippen molar-refractivity contribution in [2.75, 3.05) is 31.0 Å². The van der Waals surface area contributed by atoms with Crippen LogP contribution in [0.5, 0.6) is 17.2 Å². The van der Waals surface area contributed by atoms with E-state index in [1.165, 1.54) is 0 Å². The molecule has 2 aromatic carbocycles. The first kappa shape index (κ1) is 19.1. The second-order valence-corrected chi connectivity index (χ2v) is 6.29. The number of rotatable bonds is 6. The number of anilines is 3. The molecular formula is C18H20IN5O3. The molecule has 0 atom stereocenters. The van der Waals surface area contributed by atoms with Crippen LogP contribution in [0.25, 0.3) is 10.9 Å². The SMILES string of the molecule is COc1cc(NCc2ccc3nc(N)nc(N)c3c2C)cc(OI)c1OC. The fourth-order valence-electron chi connectivity index (χ4n) is 2.96. The van der Waals surface area contributed by atoms with E-state index in [-0.39, 0.29) is 5.95 Å². The average molecular weight is 481 g/mol. The minimum atomic E-state index is 0.168. The Balaban J connectivity index is 1.92. The van der Waals surface area contributed by atoms with Gasteiger partial charge in [0.1, 0.15) is 5.82 Å². The summed E-state index contributed by atoms with van der Waals surface area (Å²) in [7, 11) is 3.16. The van der Waals surface area contributed by atoms with Crippen LogP contribution in [-0.4, -0.2) is 24.2 Å². The molecule has 3 rings (SSSR count). The molecule has 0 spiro atoms. The van der Waals surface area contributed by atoms with E-state index in [0.29, 0.717) is 29.6 Å². The number of methoxy groups -OCH3 is 2. The Morgan fingerprint density at radius 3 is 2.48 bits per heavy atom. The van der Waals surface area contributed by atoms with Gasteiger partial charge in [0.25, 0.3) is 0 Å². The Labute approximate surface area is 170 Å². The van der Waals surface area contributed by atoms with Gasteiger partial charge in [-0.2, -0.15) is 4.98 Å². The van der Waals surface area contributed by atoms with E-state index >= 15 is 0 Å². The second-order valence-electron chi connectivity index (χ2n) is 5.85. The third-order valence-corrected chi connectivity index (χ3v) is 4.77. The third-order valence-electron chi connectivity index (χ3n) is 4.29. The van der Waals surface area contributed by atoms with Crippen molar-refractivity contribution in [1.82, 2.24) is 9.97 Å². The van der Waals surface area contributed by atoms with Crippen molar-refractivity contribution in [3.63, 3.8) is 0 Å². The molecule has 0 radical (unpaired) electrons. The number of hydrogen-bond donors (Lipinski definition) is 3. The van der Waals surface area contributed by atoms with E-state index in [9.17, 15) is 0 Å². The summed E-state index contributed by atoms with van der Waals surface area (Å²) in [5.41, 5.74) is 15.3. The fourth-order valence-corrected chi connectivity index (χ4v) is 3.29. The van der Waals surface area contributed by atoms with Gasteiger partial charge in [0, 0.05) is 29.8 Å². The highest BCUT2D eigenvalue weighted by atomic mass is 127. The summed E-state index contributed by atoms with van der Waals surface area (Å²) in [6.45, 7) is 2.56. The highest BCUT2D eigenvalue weighted by Crippen LogP contribution is 2.41.